The van der Waals surface area contributed by atoms with E-state index in [2.05, 4.69) is 11.4 Å². The zero-order valence-electron chi connectivity index (χ0n) is 9.84. The van der Waals surface area contributed by atoms with Crippen LogP contribution >= 0.6 is 11.6 Å². The third-order valence-electron chi connectivity index (χ3n) is 3.22. The van der Waals surface area contributed by atoms with Gasteiger partial charge in [0.1, 0.15) is 11.2 Å². The topological polar surface area (TPSA) is 52.9 Å². The Hall–Kier alpha value is -1.60. The highest BCUT2D eigenvalue weighted by atomic mass is 35.5. The predicted molar refractivity (Wildman–Crippen MR) is 66.5 cm³/mol. The minimum Gasteiger partial charge on any atom is -0.325 e. The first-order valence-electron chi connectivity index (χ1n) is 5.64. The molecular formula is C13H12ClFN2O. The minimum atomic E-state index is -0.944. The van der Waals surface area contributed by atoms with E-state index in [0.717, 1.165) is 0 Å². The van der Waals surface area contributed by atoms with E-state index in [1.165, 1.54) is 18.2 Å². The highest BCUT2D eigenvalue weighted by Gasteiger charge is 2.48. The van der Waals surface area contributed by atoms with Gasteiger partial charge in [-0.1, -0.05) is 18.5 Å². The Labute approximate surface area is 110 Å². The molecule has 1 aromatic rings. The molecule has 1 aliphatic carbocycles. The van der Waals surface area contributed by atoms with Crippen molar-refractivity contribution in [3.8, 4) is 6.07 Å². The zero-order valence-corrected chi connectivity index (χ0v) is 10.6. The largest absolute Gasteiger partial charge is 0.325 e. The number of halogens is 2. The molecule has 2 rings (SSSR count). The number of anilines is 1. The van der Waals surface area contributed by atoms with Crippen LogP contribution in [-0.2, 0) is 4.79 Å². The third-order valence-corrected chi connectivity index (χ3v) is 3.51. The number of nitriles is 1. The summed E-state index contributed by atoms with van der Waals surface area (Å²) in [4.78, 5) is 12.0. The van der Waals surface area contributed by atoms with E-state index < -0.39 is 11.2 Å². The molecule has 94 valence electrons. The van der Waals surface area contributed by atoms with Crippen LogP contribution in [0.1, 0.15) is 19.8 Å². The molecule has 0 bridgehead atoms. The zero-order chi connectivity index (χ0) is 13.3. The second-order valence-corrected chi connectivity index (χ2v) is 5.20. The van der Waals surface area contributed by atoms with Crippen LogP contribution in [-0.4, -0.2) is 5.91 Å². The lowest BCUT2D eigenvalue weighted by Gasteiger charge is -2.39. The Kier molecular flexibility index (Phi) is 3.27. The predicted octanol–water partition coefficient (Wildman–Crippen LogP) is 3.36. The smallest absolute Gasteiger partial charge is 0.244 e. The van der Waals surface area contributed by atoms with Gasteiger partial charge in [0, 0.05) is 5.69 Å². The fraction of sp³-hybridized carbons (Fsp3) is 0.385. The van der Waals surface area contributed by atoms with Gasteiger partial charge in [-0.2, -0.15) is 5.26 Å². The van der Waals surface area contributed by atoms with Crippen LogP contribution in [0.5, 0.6) is 0 Å². The number of amides is 1. The Balaban J connectivity index is 2.12. The summed E-state index contributed by atoms with van der Waals surface area (Å²) in [5, 5.41) is 11.7. The molecule has 0 radical (unpaired) electrons. The molecular weight excluding hydrogens is 255 g/mol. The molecule has 5 heteroatoms. The SMILES string of the molecule is CC1CC(C#N)(C(=O)Nc2ccc(F)c(Cl)c2)C1. The molecule has 0 unspecified atom stereocenters. The van der Waals surface area contributed by atoms with E-state index in [4.69, 9.17) is 16.9 Å². The summed E-state index contributed by atoms with van der Waals surface area (Å²) in [6, 6.07) is 6.01. The van der Waals surface area contributed by atoms with E-state index in [-0.39, 0.29) is 10.9 Å². The van der Waals surface area contributed by atoms with Gasteiger partial charge in [-0.3, -0.25) is 4.79 Å². The summed E-state index contributed by atoms with van der Waals surface area (Å²) in [6.45, 7) is 2.00. The maximum Gasteiger partial charge on any atom is 0.244 e. The van der Waals surface area contributed by atoms with Gasteiger partial charge in [-0.05, 0) is 37.0 Å². The van der Waals surface area contributed by atoms with Gasteiger partial charge in [-0.25, -0.2) is 4.39 Å². The molecule has 1 saturated carbocycles. The highest BCUT2D eigenvalue weighted by molar-refractivity contribution is 6.31. The van der Waals surface area contributed by atoms with Crippen molar-refractivity contribution in [1.82, 2.24) is 0 Å². The lowest BCUT2D eigenvalue weighted by atomic mass is 9.63. The lowest BCUT2D eigenvalue weighted by molar-refractivity contribution is -0.128. The Morgan fingerprint density at radius 3 is 2.78 bits per heavy atom. The minimum absolute atomic E-state index is 0.0548. The molecule has 0 atom stereocenters. The summed E-state index contributed by atoms with van der Waals surface area (Å²) in [7, 11) is 0. The van der Waals surface area contributed by atoms with Gasteiger partial charge in [0.05, 0.1) is 11.1 Å². The van der Waals surface area contributed by atoms with Crippen molar-refractivity contribution in [2.24, 2.45) is 11.3 Å². The van der Waals surface area contributed by atoms with E-state index >= 15 is 0 Å². The average Bonchev–Trinajstić information content (AvgIpc) is 2.29. The summed E-state index contributed by atoms with van der Waals surface area (Å²) in [6.07, 6.45) is 1.12. The molecule has 0 spiro atoms. The molecule has 0 aliphatic heterocycles. The molecule has 1 fully saturated rings. The normalized spacial score (nSPS) is 26.0. The maximum absolute atomic E-state index is 13.0. The Bertz CT molecular complexity index is 532. The Morgan fingerprint density at radius 1 is 1.61 bits per heavy atom. The fourth-order valence-corrected chi connectivity index (χ4v) is 2.46. The number of nitrogens with one attached hydrogen (secondary N) is 1. The lowest BCUT2D eigenvalue weighted by Crippen LogP contribution is -2.45. The third kappa shape index (κ3) is 2.19. The first-order valence-corrected chi connectivity index (χ1v) is 6.02. The van der Waals surface area contributed by atoms with Gasteiger partial charge in [-0.15, -0.1) is 0 Å². The molecule has 0 heterocycles. The molecule has 0 aromatic heterocycles. The maximum atomic E-state index is 13.0. The van der Waals surface area contributed by atoms with Crippen molar-refractivity contribution in [1.29, 1.82) is 5.26 Å². The van der Waals surface area contributed by atoms with Crippen LogP contribution in [0.25, 0.3) is 0 Å². The number of benzene rings is 1. The number of carbonyl (C=O) groups is 1. The molecule has 1 N–H and O–H groups in total. The summed E-state index contributed by atoms with van der Waals surface area (Å²) in [5.74, 6) is -0.500. The monoisotopic (exact) mass is 266 g/mol. The van der Waals surface area contributed by atoms with Crippen LogP contribution in [0.3, 0.4) is 0 Å². The van der Waals surface area contributed by atoms with Crippen molar-refractivity contribution < 1.29 is 9.18 Å². The highest BCUT2D eigenvalue weighted by Crippen LogP contribution is 2.45. The van der Waals surface area contributed by atoms with Crippen LogP contribution in [0.4, 0.5) is 10.1 Å². The summed E-state index contributed by atoms with van der Waals surface area (Å²) >= 11 is 5.63. The second kappa shape index (κ2) is 4.58. The van der Waals surface area contributed by atoms with Gasteiger partial charge >= 0.3 is 0 Å². The molecule has 1 aromatic carbocycles. The molecule has 18 heavy (non-hydrogen) atoms. The molecule has 1 aliphatic rings. The molecule has 3 nitrogen and oxygen atoms in total. The van der Waals surface area contributed by atoms with E-state index in [9.17, 15) is 9.18 Å². The standard InChI is InChI=1S/C13H12ClFN2O/c1-8-5-13(6-8,7-16)12(18)17-9-2-3-11(15)10(14)4-9/h2-4,8H,5-6H2,1H3,(H,17,18). The van der Waals surface area contributed by atoms with E-state index in [1.54, 1.807) is 0 Å². The van der Waals surface area contributed by atoms with Crippen molar-refractivity contribution in [2.45, 2.75) is 19.8 Å². The molecule has 1 amide bonds. The van der Waals surface area contributed by atoms with Crippen molar-refractivity contribution in [3.05, 3.63) is 29.0 Å². The van der Waals surface area contributed by atoms with Gasteiger partial charge in [0.2, 0.25) is 5.91 Å². The van der Waals surface area contributed by atoms with Gasteiger partial charge in [0.25, 0.3) is 0 Å². The quantitative estimate of drug-likeness (QED) is 0.892. The van der Waals surface area contributed by atoms with Crippen LogP contribution in [0.2, 0.25) is 5.02 Å². The fourth-order valence-electron chi connectivity index (χ4n) is 2.28. The first kappa shape index (κ1) is 12.8. The van der Waals surface area contributed by atoms with Crippen LogP contribution < -0.4 is 5.32 Å². The van der Waals surface area contributed by atoms with Crippen LogP contribution in [0, 0.1) is 28.5 Å². The number of hydrogen-bond donors (Lipinski definition) is 1. The van der Waals surface area contributed by atoms with E-state index in [1.807, 2.05) is 6.92 Å². The number of rotatable bonds is 2. The summed E-state index contributed by atoms with van der Waals surface area (Å²) in [5.41, 5.74) is -0.541. The average molecular weight is 267 g/mol. The van der Waals surface area contributed by atoms with E-state index in [0.29, 0.717) is 24.4 Å². The van der Waals surface area contributed by atoms with Crippen molar-refractivity contribution in [3.63, 3.8) is 0 Å². The van der Waals surface area contributed by atoms with Crippen molar-refractivity contribution >= 4 is 23.2 Å². The number of carbonyl (C=O) groups excluding carboxylic acids is 1. The van der Waals surface area contributed by atoms with Gasteiger partial charge in [0.15, 0.2) is 0 Å². The summed E-state index contributed by atoms with van der Waals surface area (Å²) < 4.78 is 13.0. The van der Waals surface area contributed by atoms with Crippen molar-refractivity contribution in [2.75, 3.05) is 5.32 Å². The number of hydrogen-bond acceptors (Lipinski definition) is 2. The first-order chi connectivity index (χ1) is 8.47. The number of nitrogens with zero attached hydrogens (tertiary/aromatic N) is 1. The molecule has 0 saturated heterocycles. The van der Waals surface area contributed by atoms with Crippen LogP contribution in [0.15, 0.2) is 18.2 Å². The van der Waals surface area contributed by atoms with Gasteiger partial charge < -0.3 is 5.32 Å². The Morgan fingerprint density at radius 2 is 2.28 bits per heavy atom. The second-order valence-electron chi connectivity index (χ2n) is 4.79.